The van der Waals surface area contributed by atoms with E-state index in [9.17, 15) is 0 Å². The molecule has 0 aromatic carbocycles. The minimum Gasteiger partial charge on any atom is -0.314 e. The monoisotopic (exact) mass is 301 g/mol. The highest BCUT2D eigenvalue weighted by atomic mass is 79.9. The van der Waals surface area contributed by atoms with Gasteiger partial charge < -0.3 is 5.32 Å². The zero-order valence-electron chi connectivity index (χ0n) is 11.3. The van der Waals surface area contributed by atoms with E-state index in [2.05, 4.69) is 58.7 Å². The molecule has 17 heavy (non-hydrogen) atoms. The van der Waals surface area contributed by atoms with Gasteiger partial charge in [0.05, 0.1) is 16.4 Å². The molecule has 0 amide bonds. The summed E-state index contributed by atoms with van der Waals surface area (Å²) < 4.78 is 3.26. The predicted molar refractivity (Wildman–Crippen MR) is 76.2 cm³/mol. The third-order valence-corrected chi connectivity index (χ3v) is 3.41. The Morgan fingerprint density at radius 1 is 1.41 bits per heavy atom. The summed E-state index contributed by atoms with van der Waals surface area (Å²) in [6.45, 7) is 10.9. The van der Waals surface area contributed by atoms with Gasteiger partial charge in [0.25, 0.3) is 0 Å². The fraction of sp³-hybridized carbons (Fsp3) is 0.769. The van der Waals surface area contributed by atoms with E-state index >= 15 is 0 Å². The molecule has 1 rings (SSSR count). The second kappa shape index (κ2) is 7.17. The summed E-state index contributed by atoms with van der Waals surface area (Å²) in [5.41, 5.74) is 1.32. The van der Waals surface area contributed by atoms with Gasteiger partial charge >= 0.3 is 0 Å². The van der Waals surface area contributed by atoms with Crippen LogP contribution in [0, 0.1) is 5.92 Å². The Kier molecular flexibility index (Phi) is 6.20. The quantitative estimate of drug-likeness (QED) is 0.838. The van der Waals surface area contributed by atoms with Crippen molar-refractivity contribution in [3.05, 3.63) is 16.4 Å². The zero-order chi connectivity index (χ0) is 12.8. The van der Waals surface area contributed by atoms with E-state index in [4.69, 9.17) is 0 Å². The van der Waals surface area contributed by atoms with Crippen LogP contribution in [0.3, 0.4) is 0 Å². The van der Waals surface area contributed by atoms with Gasteiger partial charge in [-0.05, 0) is 41.2 Å². The van der Waals surface area contributed by atoms with Crippen LogP contribution in [0.5, 0.6) is 0 Å². The first-order valence-electron chi connectivity index (χ1n) is 6.48. The zero-order valence-corrected chi connectivity index (χ0v) is 12.9. The number of nitrogens with one attached hydrogen (secondary N) is 1. The molecule has 1 N–H and O–H groups in total. The van der Waals surface area contributed by atoms with Crippen molar-refractivity contribution in [2.75, 3.05) is 6.54 Å². The third kappa shape index (κ3) is 4.80. The largest absolute Gasteiger partial charge is 0.314 e. The van der Waals surface area contributed by atoms with Crippen LogP contribution in [0.4, 0.5) is 0 Å². The van der Waals surface area contributed by atoms with Crippen LogP contribution in [0.15, 0.2) is 10.7 Å². The number of hydrogen-bond donors (Lipinski definition) is 1. The average Bonchev–Trinajstić information content (AvgIpc) is 2.59. The molecule has 0 bridgehead atoms. The Labute approximate surface area is 113 Å². The van der Waals surface area contributed by atoms with Gasteiger partial charge in [0.15, 0.2) is 0 Å². The van der Waals surface area contributed by atoms with Crippen LogP contribution >= 0.6 is 15.9 Å². The Hall–Kier alpha value is -0.350. The van der Waals surface area contributed by atoms with Gasteiger partial charge in [0.1, 0.15) is 0 Å². The summed E-state index contributed by atoms with van der Waals surface area (Å²) >= 11 is 3.59. The lowest BCUT2D eigenvalue weighted by Crippen LogP contribution is -2.29. The molecule has 0 aliphatic carbocycles. The summed E-state index contributed by atoms with van der Waals surface area (Å²) in [5.74, 6) is 0.626. The minimum atomic E-state index is 0.557. The molecule has 1 unspecified atom stereocenters. The molecule has 0 spiro atoms. The Morgan fingerprint density at radius 3 is 2.71 bits per heavy atom. The van der Waals surface area contributed by atoms with Gasteiger partial charge in [0.2, 0.25) is 0 Å². The Morgan fingerprint density at radius 2 is 2.12 bits per heavy atom. The number of halogens is 1. The molecular weight excluding hydrogens is 278 g/mol. The lowest BCUT2D eigenvalue weighted by atomic mass is 10.1. The van der Waals surface area contributed by atoms with Crippen molar-refractivity contribution in [2.24, 2.45) is 5.92 Å². The van der Waals surface area contributed by atoms with E-state index in [1.807, 2.05) is 6.20 Å². The van der Waals surface area contributed by atoms with Crippen LogP contribution in [0.1, 0.15) is 39.8 Å². The van der Waals surface area contributed by atoms with Crippen molar-refractivity contribution in [3.63, 3.8) is 0 Å². The second-order valence-electron chi connectivity index (χ2n) is 5.03. The fourth-order valence-corrected chi connectivity index (χ4v) is 2.29. The van der Waals surface area contributed by atoms with Crippen molar-refractivity contribution < 1.29 is 0 Å². The molecular formula is C13H24BrN3. The van der Waals surface area contributed by atoms with Crippen molar-refractivity contribution in [2.45, 2.75) is 53.1 Å². The molecule has 4 heteroatoms. The number of aryl methyl sites for hydroxylation is 1. The third-order valence-electron chi connectivity index (χ3n) is 2.75. The summed E-state index contributed by atoms with van der Waals surface area (Å²) in [4.78, 5) is 0. The number of aromatic nitrogens is 2. The minimum absolute atomic E-state index is 0.557. The van der Waals surface area contributed by atoms with Gasteiger partial charge in [-0.15, -0.1) is 0 Å². The maximum absolute atomic E-state index is 4.40. The molecule has 1 aromatic heterocycles. The molecule has 0 radical (unpaired) electrons. The second-order valence-corrected chi connectivity index (χ2v) is 5.89. The van der Waals surface area contributed by atoms with Crippen LogP contribution < -0.4 is 5.32 Å². The first kappa shape index (κ1) is 14.7. The van der Waals surface area contributed by atoms with E-state index in [1.54, 1.807) is 0 Å². The summed E-state index contributed by atoms with van der Waals surface area (Å²) in [6.07, 6.45) is 4.10. The van der Waals surface area contributed by atoms with Crippen LogP contribution in [0.2, 0.25) is 0 Å². The standard InChI is InChI=1S/C13H24BrN3/c1-5-6-17-13(12(14)9-16-17)7-11(4)8-15-10(2)3/h9-11,15H,5-8H2,1-4H3. The molecule has 0 saturated carbocycles. The van der Waals surface area contributed by atoms with E-state index in [0.29, 0.717) is 12.0 Å². The average molecular weight is 302 g/mol. The molecule has 1 atom stereocenters. The lowest BCUT2D eigenvalue weighted by Gasteiger charge is -2.16. The van der Waals surface area contributed by atoms with Gasteiger partial charge in [0, 0.05) is 12.6 Å². The first-order valence-corrected chi connectivity index (χ1v) is 7.27. The fourth-order valence-electron chi connectivity index (χ4n) is 1.83. The SMILES string of the molecule is CCCn1ncc(Br)c1CC(C)CNC(C)C. The van der Waals surface area contributed by atoms with E-state index in [-0.39, 0.29) is 0 Å². The molecule has 0 aliphatic rings. The topological polar surface area (TPSA) is 29.9 Å². The summed E-state index contributed by atoms with van der Waals surface area (Å²) in [7, 11) is 0. The maximum Gasteiger partial charge on any atom is 0.0635 e. The molecule has 0 aliphatic heterocycles. The van der Waals surface area contributed by atoms with Crippen molar-refractivity contribution in [1.82, 2.24) is 15.1 Å². The number of hydrogen-bond acceptors (Lipinski definition) is 2. The highest BCUT2D eigenvalue weighted by molar-refractivity contribution is 9.10. The van der Waals surface area contributed by atoms with E-state index in [0.717, 1.165) is 30.4 Å². The first-order chi connectivity index (χ1) is 8.04. The molecule has 0 saturated heterocycles. The van der Waals surface area contributed by atoms with Gasteiger partial charge in [-0.3, -0.25) is 4.68 Å². The van der Waals surface area contributed by atoms with Gasteiger partial charge in [-0.25, -0.2) is 0 Å². The summed E-state index contributed by atoms with van der Waals surface area (Å²) in [6, 6.07) is 0.557. The van der Waals surface area contributed by atoms with Crippen molar-refractivity contribution in [1.29, 1.82) is 0 Å². The van der Waals surface area contributed by atoms with E-state index in [1.165, 1.54) is 5.69 Å². The highest BCUT2D eigenvalue weighted by Crippen LogP contribution is 2.19. The Balaban J connectivity index is 2.57. The summed E-state index contributed by atoms with van der Waals surface area (Å²) in [5, 5.41) is 7.89. The molecule has 98 valence electrons. The lowest BCUT2D eigenvalue weighted by molar-refractivity contribution is 0.456. The van der Waals surface area contributed by atoms with E-state index < -0.39 is 0 Å². The smallest absolute Gasteiger partial charge is 0.0635 e. The van der Waals surface area contributed by atoms with Gasteiger partial charge in [-0.1, -0.05) is 27.7 Å². The number of nitrogens with zero attached hydrogens (tertiary/aromatic N) is 2. The van der Waals surface area contributed by atoms with Crippen LogP contribution in [-0.2, 0) is 13.0 Å². The Bertz CT molecular complexity index is 333. The predicted octanol–water partition coefficient (Wildman–Crippen LogP) is 3.23. The maximum atomic E-state index is 4.40. The molecule has 0 fully saturated rings. The van der Waals surface area contributed by atoms with Gasteiger partial charge in [-0.2, -0.15) is 5.10 Å². The number of rotatable bonds is 7. The highest BCUT2D eigenvalue weighted by Gasteiger charge is 2.12. The van der Waals surface area contributed by atoms with Crippen LogP contribution in [-0.4, -0.2) is 22.4 Å². The van der Waals surface area contributed by atoms with Crippen LogP contribution in [0.25, 0.3) is 0 Å². The normalized spacial score (nSPS) is 13.3. The van der Waals surface area contributed by atoms with Crippen molar-refractivity contribution in [3.8, 4) is 0 Å². The molecule has 1 heterocycles. The van der Waals surface area contributed by atoms with Crippen molar-refractivity contribution >= 4 is 15.9 Å². The molecule has 1 aromatic rings. The molecule has 3 nitrogen and oxygen atoms in total.